The number of hydrogen-bond donors (Lipinski definition) is 2. The topological polar surface area (TPSA) is 67.8 Å². The van der Waals surface area contributed by atoms with Gasteiger partial charge in [-0.15, -0.1) is 0 Å². The van der Waals surface area contributed by atoms with Gasteiger partial charge in [0.05, 0.1) is 7.11 Å². The van der Waals surface area contributed by atoms with Crippen molar-refractivity contribution in [1.82, 2.24) is 5.32 Å². The van der Waals surface area contributed by atoms with E-state index in [0.29, 0.717) is 29.4 Å². The molecule has 0 bridgehead atoms. The lowest BCUT2D eigenvalue weighted by Gasteiger charge is -2.33. The first-order valence-electron chi connectivity index (χ1n) is 9.54. The van der Waals surface area contributed by atoms with E-state index in [2.05, 4.69) is 17.2 Å². The largest absolute Gasteiger partial charge is 0.493 e. The molecule has 0 aromatic heterocycles. The van der Waals surface area contributed by atoms with E-state index in [-0.39, 0.29) is 18.6 Å². The van der Waals surface area contributed by atoms with Gasteiger partial charge in [0.1, 0.15) is 5.60 Å². The van der Waals surface area contributed by atoms with Crippen LogP contribution in [0.1, 0.15) is 31.2 Å². The van der Waals surface area contributed by atoms with Crippen LogP contribution >= 0.6 is 11.6 Å². The van der Waals surface area contributed by atoms with Crippen molar-refractivity contribution in [1.29, 1.82) is 0 Å². The Labute approximate surface area is 176 Å². The highest BCUT2D eigenvalue weighted by Gasteiger charge is 2.33. The summed E-state index contributed by atoms with van der Waals surface area (Å²) in [4.78, 5) is 12.3. The number of hydrogen-bond acceptors (Lipinski definition) is 4. The Bertz CT molecular complexity index is 920. The molecule has 1 amide bonds. The fourth-order valence-electron chi connectivity index (χ4n) is 3.39. The first kappa shape index (κ1) is 21.0. The van der Waals surface area contributed by atoms with Gasteiger partial charge in [0.25, 0.3) is 5.91 Å². The molecule has 1 aliphatic carbocycles. The summed E-state index contributed by atoms with van der Waals surface area (Å²) in [6.07, 6.45) is 2.52. The van der Waals surface area contributed by atoms with Crippen molar-refractivity contribution in [2.75, 3.05) is 13.7 Å². The van der Waals surface area contributed by atoms with Crippen molar-refractivity contribution >= 4 is 17.5 Å². The number of carbonyl (C=O) groups is 1. The highest BCUT2D eigenvalue weighted by atomic mass is 35.5. The zero-order valence-corrected chi connectivity index (χ0v) is 17.0. The fraction of sp³-hybridized carbons (Fsp3) is 0.348. The summed E-state index contributed by atoms with van der Waals surface area (Å²) < 4.78 is 10.8. The zero-order valence-electron chi connectivity index (χ0n) is 16.3. The Morgan fingerprint density at radius 2 is 2.07 bits per heavy atom. The third-order valence-electron chi connectivity index (χ3n) is 4.78. The van der Waals surface area contributed by atoms with E-state index in [1.165, 1.54) is 0 Å². The van der Waals surface area contributed by atoms with Crippen LogP contribution in [0.5, 0.6) is 11.5 Å². The molecule has 2 N–H and O–H groups in total. The highest BCUT2D eigenvalue weighted by molar-refractivity contribution is 6.30. The molecule has 152 valence electrons. The first-order chi connectivity index (χ1) is 14.0. The van der Waals surface area contributed by atoms with Crippen LogP contribution in [0.2, 0.25) is 5.02 Å². The molecule has 1 fully saturated rings. The molecule has 1 saturated carbocycles. The predicted molar refractivity (Wildman–Crippen MR) is 112 cm³/mol. The molecule has 0 spiro atoms. The molecule has 0 heterocycles. The van der Waals surface area contributed by atoms with Gasteiger partial charge in [0.2, 0.25) is 0 Å². The monoisotopic (exact) mass is 413 g/mol. The number of rotatable bonds is 5. The van der Waals surface area contributed by atoms with Crippen molar-refractivity contribution in [3.8, 4) is 23.3 Å². The molecule has 3 rings (SSSR count). The number of amides is 1. The Balaban J connectivity index is 1.55. The van der Waals surface area contributed by atoms with Gasteiger partial charge in [-0.25, -0.2) is 0 Å². The van der Waals surface area contributed by atoms with Crippen LogP contribution in [0.4, 0.5) is 0 Å². The number of carbonyl (C=O) groups excluding carboxylic acids is 1. The molecular weight excluding hydrogens is 390 g/mol. The standard InChI is InChI=1S/C23H24ClNO4/c1-28-20-9-2-3-10-21(20)29-16-22(26)25-19-8-5-12-23(27,15-19)13-11-17-6-4-7-18(24)14-17/h2-4,6-7,9-10,14,19,27H,5,8,12,15-16H2,1H3,(H,25,26)/t19-,23+/m0/s1. The van der Waals surface area contributed by atoms with E-state index in [1.807, 2.05) is 24.3 Å². The maximum atomic E-state index is 12.3. The molecular formula is C23H24ClNO4. The minimum atomic E-state index is -1.14. The second-order valence-corrected chi connectivity index (χ2v) is 7.53. The molecule has 0 aliphatic heterocycles. The van der Waals surface area contributed by atoms with E-state index < -0.39 is 5.60 Å². The molecule has 29 heavy (non-hydrogen) atoms. The van der Waals surface area contributed by atoms with Gasteiger partial charge in [-0.1, -0.05) is 41.6 Å². The molecule has 2 atom stereocenters. The Kier molecular flexibility index (Phi) is 7.03. The summed E-state index contributed by atoms with van der Waals surface area (Å²) in [5, 5.41) is 14.4. The van der Waals surface area contributed by atoms with Gasteiger partial charge in [0, 0.05) is 23.0 Å². The van der Waals surface area contributed by atoms with Crippen LogP contribution in [-0.2, 0) is 4.79 Å². The molecule has 0 unspecified atom stereocenters. The van der Waals surface area contributed by atoms with Crippen molar-refractivity contribution in [3.05, 3.63) is 59.1 Å². The lowest BCUT2D eigenvalue weighted by atomic mass is 9.82. The predicted octanol–water partition coefficient (Wildman–Crippen LogP) is 3.57. The van der Waals surface area contributed by atoms with Gasteiger partial charge >= 0.3 is 0 Å². The summed E-state index contributed by atoms with van der Waals surface area (Å²) in [7, 11) is 1.55. The summed E-state index contributed by atoms with van der Waals surface area (Å²) >= 11 is 5.98. The Hall–Kier alpha value is -2.68. The number of para-hydroxylation sites is 2. The van der Waals surface area contributed by atoms with Crippen LogP contribution in [0.15, 0.2) is 48.5 Å². The van der Waals surface area contributed by atoms with Gasteiger partial charge in [0.15, 0.2) is 18.1 Å². The van der Waals surface area contributed by atoms with E-state index in [9.17, 15) is 9.90 Å². The summed E-state index contributed by atoms with van der Waals surface area (Å²) in [6.45, 7) is -0.122. The number of halogens is 1. The molecule has 5 nitrogen and oxygen atoms in total. The minimum absolute atomic E-state index is 0.122. The van der Waals surface area contributed by atoms with Gasteiger partial charge in [-0.2, -0.15) is 0 Å². The number of ether oxygens (including phenoxy) is 2. The van der Waals surface area contributed by atoms with E-state index in [1.54, 1.807) is 31.4 Å². The second-order valence-electron chi connectivity index (χ2n) is 7.09. The summed E-state index contributed by atoms with van der Waals surface area (Å²) in [5.74, 6) is 6.80. The third-order valence-corrected chi connectivity index (χ3v) is 5.02. The normalized spacial score (nSPS) is 20.9. The third kappa shape index (κ3) is 6.15. The fourth-order valence-corrected chi connectivity index (χ4v) is 3.59. The molecule has 2 aromatic rings. The van der Waals surface area contributed by atoms with Crippen LogP contribution in [0.25, 0.3) is 0 Å². The first-order valence-corrected chi connectivity index (χ1v) is 9.91. The summed E-state index contributed by atoms with van der Waals surface area (Å²) in [6, 6.07) is 14.2. The molecule has 0 radical (unpaired) electrons. The van der Waals surface area contributed by atoms with Crippen LogP contribution in [-0.4, -0.2) is 36.4 Å². The van der Waals surface area contributed by atoms with Crippen molar-refractivity contribution < 1.29 is 19.4 Å². The maximum Gasteiger partial charge on any atom is 0.258 e. The van der Waals surface area contributed by atoms with Crippen molar-refractivity contribution in [2.45, 2.75) is 37.3 Å². The van der Waals surface area contributed by atoms with Crippen molar-refractivity contribution in [3.63, 3.8) is 0 Å². The van der Waals surface area contributed by atoms with Gasteiger partial charge in [-0.05, 0) is 49.6 Å². The van der Waals surface area contributed by atoms with E-state index in [0.717, 1.165) is 18.4 Å². The molecule has 6 heteroatoms. The van der Waals surface area contributed by atoms with Gasteiger partial charge < -0.3 is 19.9 Å². The Morgan fingerprint density at radius 3 is 2.83 bits per heavy atom. The number of nitrogens with one attached hydrogen (secondary N) is 1. The maximum absolute atomic E-state index is 12.3. The number of aliphatic hydroxyl groups is 1. The molecule has 1 aliphatic rings. The van der Waals surface area contributed by atoms with Gasteiger partial charge in [-0.3, -0.25) is 4.79 Å². The van der Waals surface area contributed by atoms with E-state index >= 15 is 0 Å². The van der Waals surface area contributed by atoms with E-state index in [4.69, 9.17) is 21.1 Å². The van der Waals surface area contributed by atoms with Crippen molar-refractivity contribution in [2.24, 2.45) is 0 Å². The zero-order chi connectivity index (χ0) is 20.7. The van der Waals surface area contributed by atoms with Crippen LogP contribution in [0, 0.1) is 11.8 Å². The highest BCUT2D eigenvalue weighted by Crippen LogP contribution is 2.28. The number of methoxy groups -OCH3 is 1. The lowest BCUT2D eigenvalue weighted by Crippen LogP contribution is -2.46. The quantitative estimate of drug-likeness (QED) is 0.735. The lowest BCUT2D eigenvalue weighted by molar-refractivity contribution is -0.124. The average molecular weight is 414 g/mol. The van der Waals surface area contributed by atoms with Crippen LogP contribution in [0.3, 0.4) is 0 Å². The van der Waals surface area contributed by atoms with Crippen LogP contribution < -0.4 is 14.8 Å². The molecule has 0 saturated heterocycles. The average Bonchev–Trinajstić information content (AvgIpc) is 2.71. The minimum Gasteiger partial charge on any atom is -0.493 e. The summed E-state index contributed by atoms with van der Waals surface area (Å²) in [5.41, 5.74) is -0.385. The second kappa shape index (κ2) is 9.69. The SMILES string of the molecule is COc1ccccc1OCC(=O)N[C@H]1CCC[C@@](O)(C#Cc2cccc(Cl)c2)C1. The Morgan fingerprint density at radius 1 is 1.28 bits per heavy atom. The smallest absolute Gasteiger partial charge is 0.258 e. The molecule has 2 aromatic carbocycles. The number of benzene rings is 2.